The highest BCUT2D eigenvalue weighted by molar-refractivity contribution is 6.30. The van der Waals surface area contributed by atoms with Crippen LogP contribution in [0.5, 0.6) is 0 Å². The maximum Gasteiger partial charge on any atom is 0.272 e. The zero-order valence-electron chi connectivity index (χ0n) is 15.4. The van der Waals surface area contributed by atoms with Crippen LogP contribution in [0.4, 0.5) is 5.69 Å². The van der Waals surface area contributed by atoms with E-state index in [1.807, 2.05) is 30.3 Å². The minimum Gasteiger partial charge on any atom is -0.370 e. The standard InChI is InChI=1S/C14H15N5O3.C6H5Cl/c1-2-12(21)17-8-3-4-9-10(7-8)18-19-13(9)14(22)16-6-5-11(15)20;7-6-4-2-1-3-5-6/h2-4,7H,1,5-6H2,(H2,15,20)(H,16,22)(H,17,21)(H,18,19);1-5H. The van der Waals surface area contributed by atoms with Gasteiger partial charge in [-0.1, -0.05) is 36.4 Å². The van der Waals surface area contributed by atoms with E-state index in [1.165, 1.54) is 0 Å². The maximum atomic E-state index is 12.0. The van der Waals surface area contributed by atoms with Gasteiger partial charge in [0.25, 0.3) is 5.91 Å². The zero-order valence-corrected chi connectivity index (χ0v) is 16.2. The maximum absolute atomic E-state index is 12.0. The van der Waals surface area contributed by atoms with Crippen LogP contribution in [0.3, 0.4) is 0 Å². The number of fused-ring (bicyclic) bond motifs is 1. The molecule has 3 rings (SSSR count). The second kappa shape index (κ2) is 10.6. The fourth-order valence-corrected chi connectivity index (χ4v) is 2.41. The molecule has 3 aromatic rings. The fourth-order valence-electron chi connectivity index (χ4n) is 2.26. The number of rotatable bonds is 6. The molecule has 3 amide bonds. The lowest BCUT2D eigenvalue weighted by Gasteiger charge is -2.03. The monoisotopic (exact) mass is 413 g/mol. The van der Waals surface area contributed by atoms with E-state index in [1.54, 1.807) is 18.2 Å². The molecule has 0 fully saturated rings. The lowest BCUT2D eigenvalue weighted by molar-refractivity contribution is -0.118. The van der Waals surface area contributed by atoms with Crippen molar-refractivity contribution in [3.8, 4) is 0 Å². The van der Waals surface area contributed by atoms with Gasteiger partial charge in [-0.2, -0.15) is 5.10 Å². The third-order valence-electron chi connectivity index (χ3n) is 3.62. The van der Waals surface area contributed by atoms with Crippen LogP contribution in [0.25, 0.3) is 10.9 Å². The number of nitrogens with two attached hydrogens (primary N) is 1. The normalized spacial score (nSPS) is 9.83. The van der Waals surface area contributed by atoms with Crippen LogP contribution in [-0.4, -0.2) is 34.5 Å². The Kier molecular flexibility index (Phi) is 7.93. The summed E-state index contributed by atoms with van der Waals surface area (Å²) in [5.74, 6) is -1.23. The lowest BCUT2D eigenvalue weighted by Crippen LogP contribution is -2.28. The zero-order chi connectivity index (χ0) is 21.2. The number of amides is 3. The van der Waals surface area contributed by atoms with Crippen LogP contribution in [-0.2, 0) is 9.59 Å². The molecule has 5 N–H and O–H groups in total. The van der Waals surface area contributed by atoms with Gasteiger partial charge in [0.2, 0.25) is 11.8 Å². The topological polar surface area (TPSA) is 130 Å². The van der Waals surface area contributed by atoms with E-state index in [2.05, 4.69) is 27.4 Å². The summed E-state index contributed by atoms with van der Waals surface area (Å²) in [6.45, 7) is 3.52. The first-order valence-corrected chi connectivity index (χ1v) is 8.97. The van der Waals surface area contributed by atoms with Crippen molar-refractivity contribution in [1.82, 2.24) is 15.5 Å². The summed E-state index contributed by atoms with van der Waals surface area (Å²) in [5, 5.41) is 13.2. The van der Waals surface area contributed by atoms with Gasteiger partial charge in [0.05, 0.1) is 5.52 Å². The van der Waals surface area contributed by atoms with Crippen molar-refractivity contribution in [3.05, 3.63) is 71.9 Å². The highest BCUT2D eigenvalue weighted by Gasteiger charge is 2.14. The van der Waals surface area contributed by atoms with Gasteiger partial charge in [-0.05, 0) is 36.4 Å². The van der Waals surface area contributed by atoms with E-state index < -0.39 is 11.8 Å². The van der Waals surface area contributed by atoms with Crippen molar-refractivity contribution in [2.45, 2.75) is 6.42 Å². The van der Waals surface area contributed by atoms with E-state index in [0.717, 1.165) is 11.1 Å². The predicted molar refractivity (Wildman–Crippen MR) is 113 cm³/mol. The Morgan fingerprint density at radius 2 is 1.90 bits per heavy atom. The lowest BCUT2D eigenvalue weighted by atomic mass is 10.2. The number of H-pyrrole nitrogens is 1. The van der Waals surface area contributed by atoms with Gasteiger partial charge >= 0.3 is 0 Å². The number of halogens is 1. The molecule has 0 radical (unpaired) electrons. The summed E-state index contributed by atoms with van der Waals surface area (Å²) >= 11 is 5.54. The number of carbonyl (C=O) groups is 3. The van der Waals surface area contributed by atoms with Crippen LogP contribution in [0.2, 0.25) is 5.02 Å². The number of aromatic amines is 1. The molecule has 1 aromatic heterocycles. The predicted octanol–water partition coefficient (Wildman–Crippen LogP) is 2.63. The molecule has 0 unspecified atom stereocenters. The number of aromatic nitrogens is 2. The second-order valence-electron chi connectivity index (χ2n) is 5.79. The summed E-state index contributed by atoms with van der Waals surface area (Å²) < 4.78 is 0. The third-order valence-corrected chi connectivity index (χ3v) is 3.87. The molecule has 150 valence electrons. The molecule has 0 aliphatic rings. The van der Waals surface area contributed by atoms with E-state index in [0.29, 0.717) is 16.6 Å². The summed E-state index contributed by atoms with van der Waals surface area (Å²) in [4.78, 5) is 33.9. The SMILES string of the molecule is C=CC(=O)Nc1ccc2c(C(=O)NCCC(N)=O)n[nH]c2c1.Clc1ccccc1. The summed E-state index contributed by atoms with van der Waals surface area (Å²) in [6.07, 6.45) is 1.22. The number of nitrogens with one attached hydrogen (secondary N) is 3. The molecule has 2 aromatic carbocycles. The van der Waals surface area contributed by atoms with E-state index in [4.69, 9.17) is 17.3 Å². The van der Waals surface area contributed by atoms with Gasteiger partial charge in [0, 0.05) is 29.1 Å². The Hall–Kier alpha value is -3.65. The molecular formula is C20H20ClN5O3. The number of anilines is 1. The Morgan fingerprint density at radius 1 is 1.17 bits per heavy atom. The first-order valence-electron chi connectivity index (χ1n) is 8.59. The largest absolute Gasteiger partial charge is 0.370 e. The summed E-state index contributed by atoms with van der Waals surface area (Å²) in [5.41, 5.74) is 6.37. The molecule has 9 heteroatoms. The van der Waals surface area contributed by atoms with Gasteiger partial charge in [-0.15, -0.1) is 0 Å². The molecule has 0 aliphatic carbocycles. The van der Waals surface area contributed by atoms with Gasteiger partial charge in [-0.25, -0.2) is 0 Å². The van der Waals surface area contributed by atoms with E-state index >= 15 is 0 Å². The molecule has 8 nitrogen and oxygen atoms in total. The van der Waals surface area contributed by atoms with Gasteiger partial charge < -0.3 is 16.4 Å². The second-order valence-corrected chi connectivity index (χ2v) is 6.23. The Bertz CT molecular complexity index is 1020. The molecule has 0 bridgehead atoms. The van der Waals surface area contributed by atoms with Gasteiger partial charge in [-0.3, -0.25) is 19.5 Å². The molecule has 0 saturated heterocycles. The molecule has 1 heterocycles. The van der Waals surface area contributed by atoms with Crippen molar-refractivity contribution in [2.24, 2.45) is 5.73 Å². The van der Waals surface area contributed by atoms with Crippen LogP contribution >= 0.6 is 11.6 Å². The number of benzene rings is 2. The average molecular weight is 414 g/mol. The van der Waals surface area contributed by atoms with Crippen molar-refractivity contribution < 1.29 is 14.4 Å². The molecular weight excluding hydrogens is 394 g/mol. The van der Waals surface area contributed by atoms with Crippen LogP contribution in [0.15, 0.2) is 61.2 Å². The Morgan fingerprint density at radius 3 is 2.48 bits per heavy atom. The van der Waals surface area contributed by atoms with Crippen LogP contribution in [0, 0.1) is 0 Å². The highest BCUT2D eigenvalue weighted by atomic mass is 35.5. The molecule has 0 spiro atoms. The average Bonchev–Trinajstić information content (AvgIpc) is 3.12. The van der Waals surface area contributed by atoms with Crippen molar-refractivity contribution in [3.63, 3.8) is 0 Å². The summed E-state index contributed by atoms with van der Waals surface area (Å²) in [7, 11) is 0. The number of nitrogens with zero attached hydrogens (tertiary/aromatic N) is 1. The number of primary amides is 1. The highest BCUT2D eigenvalue weighted by Crippen LogP contribution is 2.20. The molecule has 0 saturated carbocycles. The Labute approximate surface area is 172 Å². The number of hydrogen-bond acceptors (Lipinski definition) is 4. The fraction of sp³-hybridized carbons (Fsp3) is 0.100. The molecule has 29 heavy (non-hydrogen) atoms. The molecule has 0 atom stereocenters. The van der Waals surface area contributed by atoms with Crippen molar-refractivity contribution in [2.75, 3.05) is 11.9 Å². The van der Waals surface area contributed by atoms with Gasteiger partial charge in [0.1, 0.15) is 0 Å². The minimum atomic E-state index is -0.491. The van der Waals surface area contributed by atoms with Crippen molar-refractivity contribution in [1.29, 1.82) is 0 Å². The van der Waals surface area contributed by atoms with Crippen molar-refractivity contribution >= 4 is 45.9 Å². The first-order chi connectivity index (χ1) is 13.9. The molecule has 0 aliphatic heterocycles. The van der Waals surface area contributed by atoms with Crippen LogP contribution in [0.1, 0.15) is 16.9 Å². The van der Waals surface area contributed by atoms with Crippen LogP contribution < -0.4 is 16.4 Å². The van der Waals surface area contributed by atoms with E-state index in [-0.39, 0.29) is 24.6 Å². The summed E-state index contributed by atoms with van der Waals surface area (Å²) in [6, 6.07) is 14.4. The minimum absolute atomic E-state index is 0.0613. The van der Waals surface area contributed by atoms with Gasteiger partial charge in [0.15, 0.2) is 5.69 Å². The van der Waals surface area contributed by atoms with E-state index in [9.17, 15) is 14.4 Å². The third kappa shape index (κ3) is 6.78. The first kappa shape index (κ1) is 21.6. The smallest absolute Gasteiger partial charge is 0.272 e. The quantitative estimate of drug-likeness (QED) is 0.463. The Balaban J connectivity index is 0.000000360. The number of carbonyl (C=O) groups excluding carboxylic acids is 3. The number of hydrogen-bond donors (Lipinski definition) is 4.